The van der Waals surface area contributed by atoms with Crippen LogP contribution in [0, 0.1) is 0 Å². The molecule has 0 amide bonds. The Bertz CT molecular complexity index is 1130. The van der Waals surface area contributed by atoms with Crippen LogP contribution in [-0.2, 0) is 28.7 Å². The fourth-order valence-electron chi connectivity index (χ4n) is 6.48. The van der Waals surface area contributed by atoms with Gasteiger partial charge in [0.25, 0.3) is 11.6 Å². The average molecular weight is 835 g/mol. The molecule has 0 radical (unpaired) electrons. The number of allylic oxidation sites excluding steroid dienone is 4. The van der Waals surface area contributed by atoms with Gasteiger partial charge >= 0.3 is 23.9 Å². The Balaban J connectivity index is 6.34. The van der Waals surface area contributed by atoms with Crippen molar-refractivity contribution in [1.29, 1.82) is 0 Å². The van der Waals surface area contributed by atoms with Crippen LogP contribution in [-0.4, -0.2) is 123 Å². The lowest BCUT2D eigenvalue weighted by Crippen LogP contribution is -2.79. The zero-order chi connectivity index (χ0) is 44.1. The molecule has 16 heteroatoms. The van der Waals surface area contributed by atoms with Crippen molar-refractivity contribution in [1.82, 2.24) is 0 Å². The highest BCUT2D eigenvalue weighted by Crippen LogP contribution is 2.46. The van der Waals surface area contributed by atoms with E-state index in [1.54, 1.807) is 0 Å². The minimum absolute atomic E-state index is 0.188. The van der Waals surface area contributed by atoms with Gasteiger partial charge < -0.3 is 60.5 Å². The van der Waals surface area contributed by atoms with E-state index in [4.69, 9.17) is 10.2 Å². The van der Waals surface area contributed by atoms with Gasteiger partial charge in [0.1, 0.15) is 0 Å². The lowest BCUT2D eigenvalue weighted by molar-refractivity contribution is -0.379. The summed E-state index contributed by atoms with van der Waals surface area (Å²) in [6.07, 6.45) is 18.4. The average Bonchev–Trinajstić information content (AvgIpc) is 3.19. The molecule has 0 aromatic rings. The zero-order valence-electron chi connectivity index (χ0n) is 34.8. The van der Waals surface area contributed by atoms with Crippen molar-refractivity contribution in [3.8, 4) is 0 Å². The number of unbranched alkanes of at least 4 members (excludes halogenated alkanes) is 18. The highest BCUT2D eigenvalue weighted by Gasteiger charge is 2.74. The Hall–Kier alpha value is -2.64. The van der Waals surface area contributed by atoms with Gasteiger partial charge in [-0.15, -0.1) is 0 Å². The van der Waals surface area contributed by atoms with Crippen LogP contribution in [0.15, 0.2) is 24.3 Å². The van der Waals surface area contributed by atoms with E-state index < -0.39 is 84.9 Å². The number of carbonyl (C=O) groups is 4. The number of aliphatic hydroxyl groups excluding tert-OH is 4. The van der Waals surface area contributed by atoms with E-state index in [1.807, 2.05) is 24.3 Å². The SMILES string of the molecule is CCCCCCCC/C=C\CCCCCC(O)(C(O)(O)C(=O)OC(=O)C(O)CO)C(O)(CCCCC/C=C\CCCCCCCC)C(O)(O)C(=O)OC(=O)C(O)CO. The van der Waals surface area contributed by atoms with Gasteiger partial charge in [-0.05, 0) is 64.2 Å². The van der Waals surface area contributed by atoms with Crippen LogP contribution in [0.5, 0.6) is 0 Å². The standard InChI is InChI=1S/C42H74O16/c1-3-5-7-9-11-13-15-17-19-21-23-25-27-29-39(51,41(53,54)37(49)57-35(47)33(45)31-43)40(52,42(55,56)38(50)58-36(48)34(46)32-44)30-28-26-24-22-20-18-16-14-12-10-8-6-4-2/h17-20,33-34,43-46,51-56H,3-16,21-32H2,1-2H3/b19-17-,20-18-. The summed E-state index contributed by atoms with van der Waals surface area (Å²) in [7, 11) is 0. The third-order valence-electron chi connectivity index (χ3n) is 10.3. The molecule has 338 valence electrons. The third kappa shape index (κ3) is 18.7. The molecule has 0 rings (SSSR count). The van der Waals surface area contributed by atoms with Gasteiger partial charge in [0, 0.05) is 0 Å². The molecule has 4 atom stereocenters. The van der Waals surface area contributed by atoms with Crippen LogP contribution in [0.2, 0.25) is 0 Å². The van der Waals surface area contributed by atoms with Crippen LogP contribution < -0.4 is 0 Å². The maximum Gasteiger partial charge on any atom is 0.377 e. The topological polar surface area (TPSA) is 289 Å². The fraction of sp³-hybridized carbons (Fsp3) is 0.810. The summed E-state index contributed by atoms with van der Waals surface area (Å²) in [6.45, 7) is 1.77. The molecule has 0 bridgehead atoms. The van der Waals surface area contributed by atoms with Crippen LogP contribution in [0.3, 0.4) is 0 Å². The summed E-state index contributed by atoms with van der Waals surface area (Å²) < 4.78 is 8.53. The van der Waals surface area contributed by atoms with Crippen LogP contribution in [0.25, 0.3) is 0 Å². The summed E-state index contributed by atoms with van der Waals surface area (Å²) >= 11 is 0. The number of hydrogen-bond donors (Lipinski definition) is 10. The van der Waals surface area contributed by atoms with Gasteiger partial charge in [-0.3, -0.25) is 0 Å². The first kappa shape index (κ1) is 55.4. The molecule has 0 aliphatic heterocycles. The molecule has 0 saturated carbocycles. The molecular formula is C42H74O16. The van der Waals surface area contributed by atoms with Gasteiger partial charge in [0.2, 0.25) is 0 Å². The molecule has 0 heterocycles. The number of esters is 4. The quantitative estimate of drug-likeness (QED) is 0.0144. The van der Waals surface area contributed by atoms with Crippen molar-refractivity contribution in [2.75, 3.05) is 13.2 Å². The van der Waals surface area contributed by atoms with Crippen molar-refractivity contribution >= 4 is 23.9 Å². The summed E-state index contributed by atoms with van der Waals surface area (Å²) in [5.74, 6) is -17.5. The fourth-order valence-corrected chi connectivity index (χ4v) is 6.48. The number of ether oxygens (including phenoxy) is 2. The predicted molar refractivity (Wildman–Crippen MR) is 213 cm³/mol. The van der Waals surface area contributed by atoms with Gasteiger partial charge in [-0.25, -0.2) is 19.2 Å². The van der Waals surface area contributed by atoms with Crippen LogP contribution >= 0.6 is 0 Å². The lowest BCUT2D eigenvalue weighted by Gasteiger charge is -2.52. The highest BCUT2D eigenvalue weighted by atomic mass is 16.7. The molecule has 0 aromatic carbocycles. The molecule has 10 N–H and O–H groups in total. The Morgan fingerprint density at radius 3 is 0.983 bits per heavy atom. The van der Waals surface area contributed by atoms with E-state index in [0.717, 1.165) is 64.2 Å². The van der Waals surface area contributed by atoms with Crippen LogP contribution in [0.1, 0.15) is 168 Å². The van der Waals surface area contributed by atoms with Crippen molar-refractivity contribution in [3.05, 3.63) is 24.3 Å². The monoisotopic (exact) mass is 834 g/mol. The van der Waals surface area contributed by atoms with E-state index in [9.17, 15) is 60.0 Å². The normalized spacial score (nSPS) is 15.6. The van der Waals surface area contributed by atoms with Crippen molar-refractivity contribution in [2.45, 2.75) is 203 Å². The molecule has 16 nitrogen and oxygen atoms in total. The van der Waals surface area contributed by atoms with Gasteiger partial charge in [-0.2, -0.15) is 0 Å². The highest BCUT2D eigenvalue weighted by molar-refractivity contribution is 5.94. The summed E-state index contributed by atoms with van der Waals surface area (Å²) in [5.41, 5.74) is -7.79. The number of hydrogen-bond acceptors (Lipinski definition) is 16. The minimum Gasteiger partial charge on any atom is -0.393 e. The predicted octanol–water partition coefficient (Wildman–Crippen LogP) is 3.17. The van der Waals surface area contributed by atoms with Crippen molar-refractivity contribution < 1.29 is 79.7 Å². The maximum atomic E-state index is 13.1. The van der Waals surface area contributed by atoms with E-state index in [-0.39, 0.29) is 25.7 Å². The second kappa shape index (κ2) is 30.4. The van der Waals surface area contributed by atoms with E-state index >= 15 is 0 Å². The molecule has 58 heavy (non-hydrogen) atoms. The first-order valence-corrected chi connectivity index (χ1v) is 21.2. The van der Waals surface area contributed by atoms with E-state index in [1.165, 1.54) is 25.7 Å². The third-order valence-corrected chi connectivity index (χ3v) is 10.3. The van der Waals surface area contributed by atoms with Crippen molar-refractivity contribution in [2.24, 2.45) is 0 Å². The molecule has 0 aliphatic rings. The second-order valence-corrected chi connectivity index (χ2v) is 15.1. The Morgan fingerprint density at radius 1 is 0.448 bits per heavy atom. The van der Waals surface area contributed by atoms with E-state index in [0.29, 0.717) is 25.7 Å². The number of carbonyl (C=O) groups excluding carboxylic acids is 4. The summed E-state index contributed by atoms with van der Waals surface area (Å²) in [6, 6.07) is 0. The van der Waals surface area contributed by atoms with Crippen LogP contribution in [0.4, 0.5) is 0 Å². The van der Waals surface area contributed by atoms with Gasteiger partial charge in [0.05, 0.1) is 13.2 Å². The maximum absolute atomic E-state index is 13.1. The first-order chi connectivity index (χ1) is 27.4. The first-order valence-electron chi connectivity index (χ1n) is 21.2. The van der Waals surface area contributed by atoms with Crippen molar-refractivity contribution in [3.63, 3.8) is 0 Å². The number of rotatable bonds is 35. The Morgan fingerprint density at radius 2 is 0.707 bits per heavy atom. The second-order valence-electron chi connectivity index (χ2n) is 15.1. The number of aliphatic hydroxyl groups is 10. The lowest BCUT2D eigenvalue weighted by atomic mass is 9.66. The van der Waals surface area contributed by atoms with E-state index in [2.05, 4.69) is 23.3 Å². The Labute approximate surface area is 343 Å². The van der Waals surface area contributed by atoms with Gasteiger partial charge in [0.15, 0.2) is 23.4 Å². The Kier molecular flexibility index (Phi) is 29.0. The smallest absolute Gasteiger partial charge is 0.377 e. The molecule has 0 spiro atoms. The zero-order valence-corrected chi connectivity index (χ0v) is 34.8. The molecular weight excluding hydrogens is 760 g/mol. The molecule has 4 unspecified atom stereocenters. The summed E-state index contributed by atoms with van der Waals surface area (Å²) in [5, 5.41) is 106. The molecule has 0 aromatic heterocycles. The van der Waals surface area contributed by atoms with Gasteiger partial charge in [-0.1, -0.05) is 128 Å². The summed E-state index contributed by atoms with van der Waals surface area (Å²) in [4.78, 5) is 50.5. The molecule has 0 fully saturated rings. The molecule has 0 saturated heterocycles. The molecule has 0 aliphatic carbocycles. The minimum atomic E-state index is -4.44. The largest absolute Gasteiger partial charge is 0.393 e.